The molecule has 17 nitrogen and oxygen atoms in total. The van der Waals surface area contributed by atoms with Crippen LogP contribution in [0.3, 0.4) is 0 Å². The fourth-order valence-electron chi connectivity index (χ4n) is 5.91. The molecule has 0 aliphatic rings. The van der Waals surface area contributed by atoms with Crippen LogP contribution in [0.15, 0.2) is 155 Å². The van der Waals surface area contributed by atoms with Crippen molar-refractivity contribution in [1.29, 1.82) is 0 Å². The van der Waals surface area contributed by atoms with Crippen LogP contribution in [0.1, 0.15) is 52.6 Å². The molecule has 0 atom stereocenters. The van der Waals surface area contributed by atoms with E-state index in [4.69, 9.17) is 18.9 Å². The van der Waals surface area contributed by atoms with Crippen molar-refractivity contribution in [3.8, 4) is 11.5 Å². The number of carbonyl (C=O) groups is 4. The second-order valence-electron chi connectivity index (χ2n) is 13.8. The minimum Gasteiger partial charge on any atom is -0.870 e. The van der Waals surface area contributed by atoms with Gasteiger partial charge >= 0.3 is 53.4 Å². The molecule has 2 N–H and O–H groups in total. The van der Waals surface area contributed by atoms with E-state index in [9.17, 15) is 41.1 Å². The average Bonchev–Trinajstić information content (AvgIpc) is 3.34. The Bertz CT molecular complexity index is 2830. The summed E-state index contributed by atoms with van der Waals surface area (Å²) in [5.74, 6) is -2.50. The number of aromatic carboxylic acids is 1. The zero-order chi connectivity index (χ0) is 47.3. The maximum Gasteiger partial charge on any atom is 1.00 e. The van der Waals surface area contributed by atoms with Gasteiger partial charge in [-0.15, -0.1) is 0 Å². The molecule has 0 saturated heterocycles. The largest absolute Gasteiger partial charge is 1.00 e. The van der Waals surface area contributed by atoms with Gasteiger partial charge in [0.05, 0.1) is 64.7 Å². The smallest absolute Gasteiger partial charge is 0.870 e. The predicted octanol–water partition coefficient (Wildman–Crippen LogP) is 4.07. The summed E-state index contributed by atoms with van der Waals surface area (Å²) in [5.41, 5.74) is 1.79. The molecule has 0 aliphatic carbocycles. The first-order valence-corrected chi connectivity index (χ1v) is 22.2. The molecule has 67 heavy (non-hydrogen) atoms. The Morgan fingerprint density at radius 3 is 1.07 bits per heavy atom. The molecule has 0 saturated carbocycles. The van der Waals surface area contributed by atoms with Crippen molar-refractivity contribution in [2.24, 2.45) is 0 Å². The van der Waals surface area contributed by atoms with Gasteiger partial charge in [0.25, 0.3) is 20.0 Å². The van der Waals surface area contributed by atoms with Gasteiger partial charge in [0.15, 0.2) is 0 Å². The summed E-state index contributed by atoms with van der Waals surface area (Å²) in [6.07, 6.45) is 0. The zero-order valence-corrected chi connectivity index (χ0v) is 40.8. The van der Waals surface area contributed by atoms with E-state index in [0.29, 0.717) is 24.7 Å². The van der Waals surface area contributed by atoms with E-state index >= 15 is 0 Å². The van der Waals surface area contributed by atoms with E-state index in [0.717, 1.165) is 32.9 Å². The van der Waals surface area contributed by atoms with Crippen LogP contribution in [0, 0.1) is 0 Å². The standard InChI is InChI=1S/C24H23NO7S.C23H21NO7S.Na.H2O/c1-25(20-14-18(23(26)30-2)13-19(15-20)24(27)31-3)33(28,29)22-11-9-21(10-12-22)32-16-17-7-5-4-6-8-17;1-24(19-13-17(22(25)26)12-18(14-19)23(27)30-2)32(28,29)21-10-8-20(9-11-21)31-15-16-6-4-3-5-7-16;;/h4-15H,16H2,1-3H3;3-14H,15H2,1-2H3,(H,25,26);;1H2/q;;+1;/p-1. The molecule has 6 aromatic rings. The Morgan fingerprint density at radius 1 is 0.478 bits per heavy atom. The number of rotatable bonds is 16. The average molecular weight is 965 g/mol. The van der Waals surface area contributed by atoms with Crippen LogP contribution in [0.5, 0.6) is 11.5 Å². The van der Waals surface area contributed by atoms with Gasteiger partial charge in [-0.2, -0.15) is 0 Å². The minimum atomic E-state index is -4.03. The van der Waals surface area contributed by atoms with Gasteiger partial charge in [-0.05, 0) is 96.1 Å². The molecule has 0 fully saturated rings. The SMILES string of the molecule is COC(=O)c1cc(C(=O)O)cc(N(C)S(=O)(=O)c2ccc(OCc3ccccc3)cc2)c1.COC(=O)c1cc(C(=O)OC)cc(N(C)S(=O)(=O)c2ccc(OCc3ccccc3)cc2)c1.[Na+].[OH-]. The number of carboxylic acid groups (broad SMARTS) is 1. The Kier molecular flexibility index (Phi) is 20.1. The maximum absolute atomic E-state index is 13.2. The van der Waals surface area contributed by atoms with Crippen LogP contribution in [-0.4, -0.2) is 86.7 Å². The summed E-state index contributed by atoms with van der Waals surface area (Å²) in [5, 5.41) is 9.32. The first-order valence-electron chi connectivity index (χ1n) is 19.3. The third-order valence-electron chi connectivity index (χ3n) is 9.53. The van der Waals surface area contributed by atoms with Crippen LogP contribution >= 0.6 is 0 Å². The van der Waals surface area contributed by atoms with Crippen LogP contribution in [-0.2, 0) is 47.5 Å². The van der Waals surface area contributed by atoms with Gasteiger partial charge in [-0.25, -0.2) is 36.0 Å². The molecule has 20 heteroatoms. The summed E-state index contributed by atoms with van der Waals surface area (Å²) in [7, 11) is -1.91. The monoisotopic (exact) mass is 964 g/mol. The Labute approximate surface area is 410 Å². The van der Waals surface area contributed by atoms with Crippen LogP contribution < -0.4 is 47.6 Å². The summed E-state index contributed by atoms with van der Waals surface area (Å²) in [4.78, 5) is 47.3. The van der Waals surface area contributed by atoms with Gasteiger partial charge in [-0.3, -0.25) is 8.61 Å². The number of nitrogens with zero attached hydrogens (tertiary/aromatic N) is 2. The quantitative estimate of drug-likeness (QED) is 0.0817. The molecule has 0 aliphatic heterocycles. The van der Waals surface area contributed by atoms with E-state index in [2.05, 4.69) is 4.74 Å². The molecule has 0 spiro atoms. The molecule has 6 rings (SSSR count). The van der Waals surface area contributed by atoms with Crippen molar-refractivity contribution in [3.63, 3.8) is 0 Å². The fourth-order valence-corrected chi connectivity index (χ4v) is 8.27. The topological polar surface area (TPSA) is 239 Å². The zero-order valence-electron chi connectivity index (χ0n) is 37.2. The Hall–Kier alpha value is -6.74. The number of hydrogen-bond donors (Lipinski definition) is 1. The van der Waals surface area contributed by atoms with Gasteiger partial charge in [0.1, 0.15) is 24.7 Å². The molecule has 0 unspecified atom stereocenters. The van der Waals surface area contributed by atoms with Crippen molar-refractivity contribution in [3.05, 3.63) is 179 Å². The maximum atomic E-state index is 13.2. The number of carboxylic acids is 1. The van der Waals surface area contributed by atoms with Crippen molar-refractivity contribution in [2.45, 2.75) is 23.0 Å². The molecule has 6 aromatic carbocycles. The number of methoxy groups -OCH3 is 3. The van der Waals surface area contributed by atoms with E-state index in [1.165, 1.54) is 95.0 Å². The summed E-state index contributed by atoms with van der Waals surface area (Å²) in [6.45, 7) is 0.689. The summed E-state index contributed by atoms with van der Waals surface area (Å²) < 4.78 is 79.8. The number of anilines is 2. The van der Waals surface area contributed by atoms with Crippen molar-refractivity contribution in [2.75, 3.05) is 44.0 Å². The number of sulfonamides is 2. The van der Waals surface area contributed by atoms with Gasteiger partial charge in [0.2, 0.25) is 0 Å². The second kappa shape index (κ2) is 24.7. The fraction of sp³-hybridized carbons (Fsp3) is 0.149. The van der Waals surface area contributed by atoms with E-state index in [1.807, 2.05) is 60.7 Å². The van der Waals surface area contributed by atoms with Crippen molar-refractivity contribution < 1.29 is 99.8 Å². The molecule has 0 radical (unpaired) electrons. The summed E-state index contributed by atoms with van der Waals surface area (Å²) in [6, 6.07) is 38.5. The first-order chi connectivity index (χ1) is 31.0. The Balaban J connectivity index is 0.000000345. The van der Waals surface area contributed by atoms with Gasteiger partial charge < -0.3 is 34.3 Å². The van der Waals surface area contributed by atoms with Crippen LogP contribution in [0.25, 0.3) is 0 Å². The molecular formula is C47H45N2NaO15S2. The second-order valence-corrected chi connectivity index (χ2v) is 17.7. The number of hydrogen-bond acceptors (Lipinski definition) is 14. The van der Waals surface area contributed by atoms with Crippen LogP contribution in [0.4, 0.5) is 11.4 Å². The Morgan fingerprint density at radius 2 is 0.776 bits per heavy atom. The van der Waals surface area contributed by atoms with E-state index in [-0.39, 0.29) is 78.5 Å². The van der Waals surface area contributed by atoms with Gasteiger partial charge in [0, 0.05) is 14.1 Å². The third kappa shape index (κ3) is 14.1. The number of benzene rings is 6. The van der Waals surface area contributed by atoms with Crippen molar-refractivity contribution >= 4 is 55.3 Å². The van der Waals surface area contributed by atoms with Crippen molar-refractivity contribution in [1.82, 2.24) is 0 Å². The minimum absolute atomic E-state index is 0. The van der Waals surface area contributed by atoms with E-state index in [1.54, 1.807) is 12.1 Å². The molecule has 0 aromatic heterocycles. The molecule has 0 bridgehead atoms. The molecule has 346 valence electrons. The normalized spacial score (nSPS) is 10.6. The number of carbonyl (C=O) groups excluding carboxylic acids is 3. The van der Waals surface area contributed by atoms with Crippen LogP contribution in [0.2, 0.25) is 0 Å². The molecule has 0 heterocycles. The third-order valence-corrected chi connectivity index (χ3v) is 13.1. The molecular weight excluding hydrogens is 920 g/mol. The first kappa shape index (κ1) is 54.6. The summed E-state index contributed by atoms with van der Waals surface area (Å²) >= 11 is 0. The van der Waals surface area contributed by atoms with Gasteiger partial charge in [-0.1, -0.05) is 60.7 Å². The van der Waals surface area contributed by atoms with E-state index < -0.39 is 43.9 Å². The molecule has 0 amide bonds. The number of ether oxygens (including phenoxy) is 5. The predicted molar refractivity (Wildman–Crippen MR) is 241 cm³/mol. The number of esters is 3.